The van der Waals surface area contributed by atoms with Crippen molar-refractivity contribution in [2.75, 3.05) is 0 Å². The van der Waals surface area contributed by atoms with Gasteiger partial charge in [-0.3, -0.25) is 4.79 Å². The maximum Gasteiger partial charge on any atom is 0.303 e. The standard InChI is InChI=1S/C12H13NO4/c13-7-10(14)12(17)9-4-1-8(2-5-9)3-6-11(15)16/h1-2,4-5,10,12,14,17H,3,6H2,(H,15,16). The average Bonchev–Trinajstić information content (AvgIpc) is 2.35. The molecule has 17 heavy (non-hydrogen) atoms. The van der Waals surface area contributed by atoms with Gasteiger partial charge in [0.25, 0.3) is 0 Å². The third-order valence-electron chi connectivity index (χ3n) is 2.38. The lowest BCUT2D eigenvalue weighted by atomic mass is 10.0. The molecular weight excluding hydrogens is 222 g/mol. The molecule has 5 heteroatoms. The van der Waals surface area contributed by atoms with Gasteiger partial charge in [-0.2, -0.15) is 5.26 Å². The van der Waals surface area contributed by atoms with E-state index in [1.165, 1.54) is 0 Å². The average molecular weight is 235 g/mol. The molecule has 0 amide bonds. The summed E-state index contributed by atoms with van der Waals surface area (Å²) in [4.78, 5) is 10.4. The molecule has 0 aliphatic carbocycles. The van der Waals surface area contributed by atoms with Crippen LogP contribution in [0.2, 0.25) is 0 Å². The number of hydrogen-bond donors (Lipinski definition) is 3. The molecule has 0 aliphatic heterocycles. The van der Waals surface area contributed by atoms with Gasteiger partial charge in [-0.25, -0.2) is 0 Å². The second-order valence-corrected chi connectivity index (χ2v) is 3.65. The van der Waals surface area contributed by atoms with Gasteiger partial charge in [-0.1, -0.05) is 24.3 Å². The van der Waals surface area contributed by atoms with E-state index in [1.54, 1.807) is 30.3 Å². The first-order valence-electron chi connectivity index (χ1n) is 5.11. The monoisotopic (exact) mass is 235 g/mol. The summed E-state index contributed by atoms with van der Waals surface area (Å²) >= 11 is 0. The van der Waals surface area contributed by atoms with Crippen molar-refractivity contribution in [3.63, 3.8) is 0 Å². The van der Waals surface area contributed by atoms with E-state index >= 15 is 0 Å². The Hall–Kier alpha value is -1.90. The number of carboxylic acids is 1. The van der Waals surface area contributed by atoms with Gasteiger partial charge in [-0.05, 0) is 17.5 Å². The number of hydrogen-bond acceptors (Lipinski definition) is 4. The van der Waals surface area contributed by atoms with Crippen molar-refractivity contribution >= 4 is 5.97 Å². The van der Waals surface area contributed by atoms with Gasteiger partial charge < -0.3 is 15.3 Å². The molecule has 0 aromatic heterocycles. The van der Waals surface area contributed by atoms with Crippen LogP contribution in [0.1, 0.15) is 23.7 Å². The lowest BCUT2D eigenvalue weighted by Gasteiger charge is -2.12. The topological polar surface area (TPSA) is 102 Å². The third kappa shape index (κ3) is 3.87. The number of aliphatic carboxylic acids is 1. The Balaban J connectivity index is 2.68. The van der Waals surface area contributed by atoms with Crippen LogP contribution < -0.4 is 0 Å². The van der Waals surface area contributed by atoms with Gasteiger partial charge in [0, 0.05) is 6.42 Å². The maximum absolute atomic E-state index is 10.4. The molecule has 0 saturated heterocycles. The quantitative estimate of drug-likeness (QED) is 0.649. The van der Waals surface area contributed by atoms with E-state index in [4.69, 9.17) is 15.5 Å². The van der Waals surface area contributed by atoms with E-state index in [9.17, 15) is 9.90 Å². The molecule has 0 heterocycles. The minimum Gasteiger partial charge on any atom is -0.481 e. The first kappa shape index (κ1) is 13.2. The Morgan fingerprint density at radius 2 is 1.88 bits per heavy atom. The van der Waals surface area contributed by atoms with Gasteiger partial charge in [0.1, 0.15) is 6.10 Å². The molecule has 0 bridgehead atoms. The van der Waals surface area contributed by atoms with Crippen LogP contribution in [0.3, 0.4) is 0 Å². The SMILES string of the molecule is N#CC(O)C(O)c1ccc(CCC(=O)O)cc1. The number of rotatable bonds is 5. The molecule has 0 saturated carbocycles. The number of nitrogens with zero attached hydrogens (tertiary/aromatic N) is 1. The molecule has 2 unspecified atom stereocenters. The third-order valence-corrected chi connectivity index (χ3v) is 2.38. The first-order chi connectivity index (χ1) is 8.04. The van der Waals surface area contributed by atoms with Gasteiger partial charge in [-0.15, -0.1) is 0 Å². The number of aliphatic hydroxyl groups is 2. The highest BCUT2D eigenvalue weighted by atomic mass is 16.4. The Kier molecular flexibility index (Phi) is 4.64. The molecule has 1 aromatic carbocycles. The van der Waals surface area contributed by atoms with Crippen LogP contribution in [0.15, 0.2) is 24.3 Å². The molecule has 90 valence electrons. The predicted molar refractivity (Wildman–Crippen MR) is 59.0 cm³/mol. The van der Waals surface area contributed by atoms with Crippen LogP contribution >= 0.6 is 0 Å². The zero-order chi connectivity index (χ0) is 12.8. The van der Waals surface area contributed by atoms with Crippen molar-refractivity contribution < 1.29 is 20.1 Å². The van der Waals surface area contributed by atoms with Crippen molar-refractivity contribution in [3.05, 3.63) is 35.4 Å². The molecule has 0 spiro atoms. The lowest BCUT2D eigenvalue weighted by Crippen LogP contribution is -2.15. The fraction of sp³-hybridized carbons (Fsp3) is 0.333. The van der Waals surface area contributed by atoms with Crippen LogP contribution in [-0.2, 0) is 11.2 Å². The zero-order valence-corrected chi connectivity index (χ0v) is 9.08. The van der Waals surface area contributed by atoms with Crippen molar-refractivity contribution in [3.8, 4) is 6.07 Å². The number of aliphatic hydroxyl groups excluding tert-OH is 2. The van der Waals surface area contributed by atoms with E-state index < -0.39 is 18.2 Å². The summed E-state index contributed by atoms with van der Waals surface area (Å²) in [5.41, 5.74) is 1.26. The smallest absolute Gasteiger partial charge is 0.303 e. The van der Waals surface area contributed by atoms with Gasteiger partial charge in [0.05, 0.1) is 6.07 Å². The van der Waals surface area contributed by atoms with Gasteiger partial charge in [0.2, 0.25) is 0 Å². The lowest BCUT2D eigenvalue weighted by molar-refractivity contribution is -0.136. The number of nitriles is 1. The van der Waals surface area contributed by atoms with Crippen LogP contribution in [0.5, 0.6) is 0 Å². The van der Waals surface area contributed by atoms with E-state index in [-0.39, 0.29) is 6.42 Å². The van der Waals surface area contributed by atoms with E-state index in [1.807, 2.05) is 0 Å². The molecule has 1 aromatic rings. The number of benzene rings is 1. The summed E-state index contributed by atoms with van der Waals surface area (Å²) in [6, 6.07) is 8.03. The van der Waals surface area contributed by atoms with Crippen molar-refractivity contribution in [2.45, 2.75) is 25.0 Å². The minimum absolute atomic E-state index is 0.0444. The fourth-order valence-electron chi connectivity index (χ4n) is 1.39. The minimum atomic E-state index is -1.46. The normalized spacial score (nSPS) is 13.7. The van der Waals surface area contributed by atoms with Gasteiger partial charge in [0.15, 0.2) is 6.10 Å². The summed E-state index contributed by atoms with van der Waals surface area (Å²) in [6.07, 6.45) is -2.25. The molecular formula is C12H13NO4. The first-order valence-corrected chi connectivity index (χ1v) is 5.11. The van der Waals surface area contributed by atoms with Crippen LogP contribution in [0.4, 0.5) is 0 Å². The molecule has 0 radical (unpaired) electrons. The summed E-state index contributed by atoms with van der Waals surface area (Å²) in [6.45, 7) is 0. The Bertz CT molecular complexity index is 421. The Morgan fingerprint density at radius 3 is 2.35 bits per heavy atom. The highest BCUT2D eigenvalue weighted by molar-refractivity contribution is 5.67. The molecule has 5 nitrogen and oxygen atoms in total. The van der Waals surface area contributed by atoms with E-state index in [0.29, 0.717) is 12.0 Å². The molecule has 1 rings (SSSR count). The predicted octanol–water partition coefficient (Wildman–Crippen LogP) is 0.622. The van der Waals surface area contributed by atoms with Crippen LogP contribution in [0, 0.1) is 11.3 Å². The largest absolute Gasteiger partial charge is 0.481 e. The zero-order valence-electron chi connectivity index (χ0n) is 9.08. The highest BCUT2D eigenvalue weighted by Gasteiger charge is 2.17. The summed E-state index contributed by atoms with van der Waals surface area (Å²) < 4.78 is 0. The number of carboxylic acid groups (broad SMARTS) is 1. The molecule has 3 N–H and O–H groups in total. The van der Waals surface area contributed by atoms with E-state index in [0.717, 1.165) is 5.56 Å². The highest BCUT2D eigenvalue weighted by Crippen LogP contribution is 2.17. The summed E-state index contributed by atoms with van der Waals surface area (Å²) in [5.74, 6) is -0.867. The second-order valence-electron chi connectivity index (χ2n) is 3.65. The van der Waals surface area contributed by atoms with Crippen LogP contribution in [0.25, 0.3) is 0 Å². The van der Waals surface area contributed by atoms with Crippen molar-refractivity contribution in [1.82, 2.24) is 0 Å². The van der Waals surface area contributed by atoms with Crippen LogP contribution in [-0.4, -0.2) is 27.4 Å². The molecule has 0 aliphatic rings. The molecule has 0 fully saturated rings. The number of carbonyl (C=O) groups is 1. The Morgan fingerprint density at radius 1 is 1.29 bits per heavy atom. The second kappa shape index (κ2) is 5.99. The number of aryl methyl sites for hydroxylation is 1. The van der Waals surface area contributed by atoms with Crippen molar-refractivity contribution in [2.24, 2.45) is 0 Å². The van der Waals surface area contributed by atoms with Crippen molar-refractivity contribution in [1.29, 1.82) is 5.26 Å². The molecule has 2 atom stereocenters. The van der Waals surface area contributed by atoms with E-state index in [2.05, 4.69) is 0 Å². The summed E-state index contributed by atoms with van der Waals surface area (Å²) in [7, 11) is 0. The fourth-order valence-corrected chi connectivity index (χ4v) is 1.39. The van der Waals surface area contributed by atoms with Gasteiger partial charge >= 0.3 is 5.97 Å². The maximum atomic E-state index is 10.4. The summed E-state index contributed by atoms with van der Waals surface area (Å²) in [5, 5.41) is 35.6. The Labute approximate surface area is 98.6 Å².